The fourth-order valence-corrected chi connectivity index (χ4v) is 2.02. The summed E-state index contributed by atoms with van der Waals surface area (Å²) in [6.45, 7) is 1.51. The van der Waals surface area contributed by atoms with Crippen LogP contribution in [0.2, 0.25) is 0 Å². The number of aromatic nitrogens is 1. The van der Waals surface area contributed by atoms with Crippen LogP contribution in [0.25, 0.3) is 0 Å². The Morgan fingerprint density at radius 3 is 3.13 bits per heavy atom. The number of epoxide rings is 1. The van der Waals surface area contributed by atoms with Gasteiger partial charge in [-0.05, 0) is 18.6 Å². The molecule has 1 aromatic rings. The lowest BCUT2D eigenvalue weighted by atomic mass is 10.1. The van der Waals surface area contributed by atoms with Gasteiger partial charge in [0.05, 0.1) is 6.10 Å². The van der Waals surface area contributed by atoms with Crippen molar-refractivity contribution in [3.05, 3.63) is 30.1 Å². The van der Waals surface area contributed by atoms with Gasteiger partial charge in [0, 0.05) is 19.3 Å². The monoisotopic (exact) mass is 204 g/mol. The van der Waals surface area contributed by atoms with Gasteiger partial charge in [-0.1, -0.05) is 6.07 Å². The second-order valence-electron chi connectivity index (χ2n) is 3.97. The summed E-state index contributed by atoms with van der Waals surface area (Å²) in [6.07, 6.45) is 3.31. The number of carbonyl (C=O) groups excluding carboxylic acids is 1. The van der Waals surface area contributed by atoms with Crippen LogP contribution in [0.15, 0.2) is 24.4 Å². The van der Waals surface area contributed by atoms with E-state index in [1.165, 1.54) is 0 Å². The standard InChI is InChI=1S/C11H12N2O2/c14-11(8-3-1-2-5-12-8)13-6-4-9-10(7-13)15-9/h1-3,5,9-10H,4,6-7H2/t9-,10+/m1/s1. The van der Waals surface area contributed by atoms with Crippen LogP contribution in [0, 0.1) is 0 Å². The molecule has 1 aromatic heterocycles. The zero-order chi connectivity index (χ0) is 10.3. The molecule has 0 unspecified atom stereocenters. The lowest BCUT2D eigenvalue weighted by molar-refractivity contribution is 0.0730. The van der Waals surface area contributed by atoms with Gasteiger partial charge in [0.25, 0.3) is 5.91 Å². The Labute approximate surface area is 87.9 Å². The smallest absolute Gasteiger partial charge is 0.272 e. The number of piperidine rings is 1. The molecular formula is C11H12N2O2. The quantitative estimate of drug-likeness (QED) is 0.632. The van der Waals surface area contributed by atoms with Crippen molar-refractivity contribution in [1.82, 2.24) is 9.88 Å². The second kappa shape index (κ2) is 3.31. The number of nitrogens with zero attached hydrogens (tertiary/aromatic N) is 2. The summed E-state index contributed by atoms with van der Waals surface area (Å²) in [5.41, 5.74) is 0.525. The van der Waals surface area contributed by atoms with Crippen LogP contribution in [-0.4, -0.2) is 41.1 Å². The van der Waals surface area contributed by atoms with Crippen LogP contribution < -0.4 is 0 Å². The van der Waals surface area contributed by atoms with Crippen molar-refractivity contribution >= 4 is 5.91 Å². The van der Waals surface area contributed by atoms with Crippen molar-refractivity contribution in [2.45, 2.75) is 18.6 Å². The molecular weight excluding hydrogens is 192 g/mol. The molecule has 1 amide bonds. The molecule has 3 heterocycles. The Bertz CT molecular complexity index is 379. The first kappa shape index (κ1) is 8.85. The number of ether oxygens (including phenoxy) is 1. The van der Waals surface area contributed by atoms with Gasteiger partial charge in [0.15, 0.2) is 0 Å². The molecule has 0 radical (unpaired) electrons. The molecule has 0 saturated carbocycles. The number of hydrogen-bond donors (Lipinski definition) is 0. The Kier molecular flexibility index (Phi) is 1.95. The minimum absolute atomic E-state index is 0.0181. The van der Waals surface area contributed by atoms with E-state index in [1.54, 1.807) is 12.3 Å². The van der Waals surface area contributed by atoms with Gasteiger partial charge >= 0.3 is 0 Å². The molecule has 2 aliphatic heterocycles. The largest absolute Gasteiger partial charge is 0.368 e. The minimum Gasteiger partial charge on any atom is -0.368 e. The molecule has 0 N–H and O–H groups in total. The van der Waals surface area contributed by atoms with Crippen molar-refractivity contribution in [3.63, 3.8) is 0 Å². The fraction of sp³-hybridized carbons (Fsp3) is 0.455. The highest BCUT2D eigenvalue weighted by Gasteiger charge is 2.44. The molecule has 2 saturated heterocycles. The SMILES string of the molecule is O=C(c1ccccn1)N1CC[C@H]2O[C@H]2C1. The summed E-state index contributed by atoms with van der Waals surface area (Å²) < 4.78 is 5.38. The Hall–Kier alpha value is -1.42. The van der Waals surface area contributed by atoms with Crippen LogP contribution in [0.4, 0.5) is 0 Å². The summed E-state index contributed by atoms with van der Waals surface area (Å²) in [6, 6.07) is 5.40. The van der Waals surface area contributed by atoms with E-state index in [1.807, 2.05) is 17.0 Å². The van der Waals surface area contributed by atoms with E-state index in [2.05, 4.69) is 4.98 Å². The lowest BCUT2D eigenvalue weighted by Gasteiger charge is -2.23. The van der Waals surface area contributed by atoms with Crippen LogP contribution in [0.3, 0.4) is 0 Å². The predicted molar refractivity (Wildman–Crippen MR) is 53.4 cm³/mol. The highest BCUT2D eigenvalue weighted by atomic mass is 16.6. The highest BCUT2D eigenvalue weighted by molar-refractivity contribution is 5.92. The first-order valence-electron chi connectivity index (χ1n) is 5.20. The maximum atomic E-state index is 12.0. The first-order valence-corrected chi connectivity index (χ1v) is 5.20. The highest BCUT2D eigenvalue weighted by Crippen LogP contribution is 2.30. The van der Waals surface area contributed by atoms with E-state index in [-0.39, 0.29) is 12.0 Å². The maximum absolute atomic E-state index is 12.0. The number of rotatable bonds is 1. The molecule has 0 spiro atoms. The van der Waals surface area contributed by atoms with Crippen molar-refractivity contribution in [2.24, 2.45) is 0 Å². The normalized spacial score (nSPS) is 28.4. The fourth-order valence-electron chi connectivity index (χ4n) is 2.02. The van der Waals surface area contributed by atoms with Crippen molar-refractivity contribution in [1.29, 1.82) is 0 Å². The summed E-state index contributed by atoms with van der Waals surface area (Å²) in [7, 11) is 0. The summed E-state index contributed by atoms with van der Waals surface area (Å²) >= 11 is 0. The van der Waals surface area contributed by atoms with Crippen LogP contribution in [0.5, 0.6) is 0 Å². The number of hydrogen-bond acceptors (Lipinski definition) is 3. The number of fused-ring (bicyclic) bond motifs is 1. The van der Waals surface area contributed by atoms with E-state index in [4.69, 9.17) is 4.74 Å². The third-order valence-electron chi connectivity index (χ3n) is 2.94. The van der Waals surface area contributed by atoms with Gasteiger partial charge < -0.3 is 9.64 Å². The maximum Gasteiger partial charge on any atom is 0.272 e. The van der Waals surface area contributed by atoms with Crippen LogP contribution in [0.1, 0.15) is 16.9 Å². The van der Waals surface area contributed by atoms with E-state index in [0.29, 0.717) is 11.8 Å². The first-order chi connectivity index (χ1) is 7.34. The zero-order valence-electron chi connectivity index (χ0n) is 8.30. The van der Waals surface area contributed by atoms with Crippen LogP contribution in [-0.2, 0) is 4.74 Å². The van der Waals surface area contributed by atoms with Gasteiger partial charge in [0.1, 0.15) is 11.8 Å². The van der Waals surface area contributed by atoms with Crippen molar-refractivity contribution < 1.29 is 9.53 Å². The van der Waals surface area contributed by atoms with E-state index >= 15 is 0 Å². The molecule has 4 heteroatoms. The van der Waals surface area contributed by atoms with Gasteiger partial charge in [-0.25, -0.2) is 0 Å². The van der Waals surface area contributed by atoms with Gasteiger partial charge in [-0.3, -0.25) is 9.78 Å². The topological polar surface area (TPSA) is 45.7 Å². The Balaban J connectivity index is 1.74. The molecule has 78 valence electrons. The molecule has 15 heavy (non-hydrogen) atoms. The van der Waals surface area contributed by atoms with Gasteiger partial charge in [-0.15, -0.1) is 0 Å². The third-order valence-corrected chi connectivity index (χ3v) is 2.94. The van der Waals surface area contributed by atoms with Crippen molar-refractivity contribution in [2.75, 3.05) is 13.1 Å². The number of carbonyl (C=O) groups is 1. The number of amides is 1. The molecule has 0 bridgehead atoms. The molecule has 0 aromatic carbocycles. The number of pyridine rings is 1. The van der Waals surface area contributed by atoms with E-state index in [9.17, 15) is 4.79 Å². The predicted octanol–water partition coefficient (Wildman–Crippen LogP) is 0.695. The molecule has 0 aliphatic carbocycles. The van der Waals surface area contributed by atoms with Gasteiger partial charge in [0.2, 0.25) is 0 Å². The third kappa shape index (κ3) is 1.61. The average Bonchev–Trinajstić information content (AvgIpc) is 3.07. The minimum atomic E-state index is 0.0181. The Morgan fingerprint density at radius 2 is 2.40 bits per heavy atom. The molecule has 2 atom stereocenters. The molecule has 3 rings (SSSR count). The van der Waals surface area contributed by atoms with Crippen molar-refractivity contribution in [3.8, 4) is 0 Å². The zero-order valence-corrected chi connectivity index (χ0v) is 8.30. The Morgan fingerprint density at radius 1 is 1.47 bits per heavy atom. The summed E-state index contributed by atoms with van der Waals surface area (Å²) in [5, 5.41) is 0. The second-order valence-corrected chi connectivity index (χ2v) is 3.97. The summed E-state index contributed by atoms with van der Waals surface area (Å²) in [4.78, 5) is 17.9. The average molecular weight is 204 g/mol. The molecule has 2 aliphatic rings. The van der Waals surface area contributed by atoms with E-state index < -0.39 is 0 Å². The molecule has 2 fully saturated rings. The number of likely N-dealkylation sites (tertiary alicyclic amines) is 1. The van der Waals surface area contributed by atoms with Crippen LogP contribution >= 0.6 is 0 Å². The van der Waals surface area contributed by atoms with E-state index in [0.717, 1.165) is 19.5 Å². The lowest BCUT2D eigenvalue weighted by Crippen LogP contribution is -2.39. The van der Waals surface area contributed by atoms with Gasteiger partial charge in [-0.2, -0.15) is 0 Å². The molecule has 4 nitrogen and oxygen atoms in total. The summed E-state index contributed by atoms with van der Waals surface area (Å²) in [5.74, 6) is 0.0181.